The largest absolute Gasteiger partial charge is 0.416 e. The Balaban J connectivity index is 1.59. The summed E-state index contributed by atoms with van der Waals surface area (Å²) in [4.78, 5) is 16.3. The van der Waals surface area contributed by atoms with Crippen molar-refractivity contribution >= 4 is 17.3 Å². The molecule has 0 fully saturated rings. The number of amides is 1. The molecule has 1 heterocycles. The molecule has 0 saturated heterocycles. The molecule has 0 aliphatic carbocycles. The fourth-order valence-corrected chi connectivity index (χ4v) is 2.60. The topological polar surface area (TPSA) is 54.0 Å². The molecule has 144 valence electrons. The van der Waals surface area contributed by atoms with Crippen LogP contribution in [0.4, 0.5) is 24.5 Å². The number of anilines is 2. The summed E-state index contributed by atoms with van der Waals surface area (Å²) in [6.45, 7) is 2.65. The van der Waals surface area contributed by atoms with Crippen molar-refractivity contribution in [2.45, 2.75) is 19.6 Å². The number of rotatable bonds is 5. The van der Waals surface area contributed by atoms with Crippen LogP contribution in [0.3, 0.4) is 0 Å². The molecule has 0 saturated carbocycles. The Morgan fingerprint density at radius 3 is 2.32 bits per heavy atom. The predicted octanol–water partition coefficient (Wildman–Crippen LogP) is 5.27. The molecule has 0 atom stereocenters. The van der Waals surface area contributed by atoms with Crippen molar-refractivity contribution in [2.24, 2.45) is 0 Å². The van der Waals surface area contributed by atoms with Gasteiger partial charge < -0.3 is 10.6 Å². The molecule has 1 amide bonds. The molecule has 0 aliphatic rings. The van der Waals surface area contributed by atoms with E-state index in [1.807, 2.05) is 25.1 Å². The third kappa shape index (κ3) is 5.09. The molecule has 0 unspecified atom stereocenters. The van der Waals surface area contributed by atoms with Crippen molar-refractivity contribution in [3.63, 3.8) is 0 Å². The summed E-state index contributed by atoms with van der Waals surface area (Å²) in [5.74, 6) is -0.495. The Bertz CT molecular complexity index is 952. The van der Waals surface area contributed by atoms with E-state index in [9.17, 15) is 18.0 Å². The monoisotopic (exact) mass is 385 g/mol. The van der Waals surface area contributed by atoms with Crippen LogP contribution in [-0.4, -0.2) is 10.9 Å². The smallest absolute Gasteiger partial charge is 0.380 e. The zero-order valence-corrected chi connectivity index (χ0v) is 15.0. The van der Waals surface area contributed by atoms with Gasteiger partial charge in [-0.25, -0.2) is 4.98 Å². The van der Waals surface area contributed by atoms with E-state index in [1.165, 1.54) is 23.9 Å². The van der Waals surface area contributed by atoms with Crippen molar-refractivity contribution in [1.82, 2.24) is 4.98 Å². The van der Waals surface area contributed by atoms with E-state index in [4.69, 9.17) is 0 Å². The zero-order valence-electron chi connectivity index (χ0n) is 15.0. The van der Waals surface area contributed by atoms with Crippen LogP contribution in [0.25, 0.3) is 0 Å². The maximum Gasteiger partial charge on any atom is 0.416 e. The van der Waals surface area contributed by atoms with Gasteiger partial charge >= 0.3 is 6.18 Å². The summed E-state index contributed by atoms with van der Waals surface area (Å²) in [6.07, 6.45) is -2.87. The van der Waals surface area contributed by atoms with Gasteiger partial charge in [-0.15, -0.1) is 0 Å². The minimum Gasteiger partial charge on any atom is -0.380 e. The molecule has 0 spiro atoms. The van der Waals surface area contributed by atoms with E-state index >= 15 is 0 Å². The average Bonchev–Trinajstić information content (AvgIpc) is 2.66. The fourth-order valence-electron chi connectivity index (χ4n) is 2.60. The Morgan fingerprint density at radius 2 is 1.71 bits per heavy atom. The van der Waals surface area contributed by atoms with Crippen molar-refractivity contribution < 1.29 is 18.0 Å². The van der Waals surface area contributed by atoms with Gasteiger partial charge in [0.25, 0.3) is 5.91 Å². The first-order valence-corrected chi connectivity index (χ1v) is 8.55. The molecule has 0 bridgehead atoms. The SMILES string of the molecule is Cc1cccc(CNc2ccc(C(=O)Nc3ccc(C(F)(F)F)cc3)nc2)c1. The fraction of sp³-hybridized carbons (Fsp3) is 0.143. The second-order valence-electron chi connectivity index (χ2n) is 6.30. The number of carbonyl (C=O) groups is 1. The van der Waals surface area contributed by atoms with E-state index < -0.39 is 17.6 Å². The minimum absolute atomic E-state index is 0.168. The molecule has 2 aromatic carbocycles. The number of alkyl halides is 3. The highest BCUT2D eigenvalue weighted by molar-refractivity contribution is 6.02. The van der Waals surface area contributed by atoms with Crippen LogP contribution in [0.5, 0.6) is 0 Å². The number of nitrogens with zero attached hydrogens (tertiary/aromatic N) is 1. The van der Waals surface area contributed by atoms with E-state index in [-0.39, 0.29) is 11.4 Å². The predicted molar refractivity (Wildman–Crippen MR) is 102 cm³/mol. The summed E-state index contributed by atoms with van der Waals surface area (Å²) >= 11 is 0. The third-order valence-corrected chi connectivity index (χ3v) is 4.05. The van der Waals surface area contributed by atoms with Gasteiger partial charge in [0.15, 0.2) is 0 Å². The minimum atomic E-state index is -4.41. The van der Waals surface area contributed by atoms with Gasteiger partial charge in [-0.1, -0.05) is 29.8 Å². The number of hydrogen-bond donors (Lipinski definition) is 2. The lowest BCUT2D eigenvalue weighted by Crippen LogP contribution is -2.14. The Labute approximate surface area is 160 Å². The van der Waals surface area contributed by atoms with Crippen molar-refractivity contribution in [3.05, 3.63) is 89.2 Å². The van der Waals surface area contributed by atoms with Crippen LogP contribution in [0.1, 0.15) is 27.2 Å². The van der Waals surface area contributed by atoms with Crippen LogP contribution in [-0.2, 0) is 12.7 Å². The lowest BCUT2D eigenvalue weighted by molar-refractivity contribution is -0.137. The highest BCUT2D eigenvalue weighted by atomic mass is 19.4. The Hall–Kier alpha value is -3.35. The van der Waals surface area contributed by atoms with Gasteiger partial charge in [0.05, 0.1) is 17.4 Å². The zero-order chi connectivity index (χ0) is 20.1. The lowest BCUT2D eigenvalue weighted by atomic mass is 10.1. The van der Waals surface area contributed by atoms with Gasteiger partial charge in [-0.05, 0) is 48.9 Å². The standard InChI is InChI=1S/C21H18F3N3O/c1-14-3-2-4-15(11-14)12-25-18-9-10-19(26-13-18)20(28)27-17-7-5-16(6-8-17)21(22,23)24/h2-11,13,25H,12H2,1H3,(H,27,28). The molecule has 3 aromatic rings. The van der Waals surface area contributed by atoms with Gasteiger partial charge in [-0.2, -0.15) is 13.2 Å². The molecule has 0 aliphatic heterocycles. The molecule has 1 aromatic heterocycles. The summed E-state index contributed by atoms with van der Waals surface area (Å²) in [6, 6.07) is 15.6. The number of aryl methyl sites for hydroxylation is 1. The van der Waals surface area contributed by atoms with Crippen LogP contribution >= 0.6 is 0 Å². The summed E-state index contributed by atoms with van der Waals surface area (Å²) in [7, 11) is 0. The molecule has 3 rings (SSSR count). The highest BCUT2D eigenvalue weighted by Gasteiger charge is 2.30. The van der Waals surface area contributed by atoms with Crippen molar-refractivity contribution in [2.75, 3.05) is 10.6 Å². The first kappa shape index (κ1) is 19.4. The molecule has 0 radical (unpaired) electrons. The molecular weight excluding hydrogens is 367 g/mol. The quantitative estimate of drug-likeness (QED) is 0.629. The Morgan fingerprint density at radius 1 is 1.00 bits per heavy atom. The number of halogens is 3. The first-order valence-electron chi connectivity index (χ1n) is 8.55. The first-order chi connectivity index (χ1) is 13.3. The number of pyridine rings is 1. The molecule has 4 nitrogen and oxygen atoms in total. The lowest BCUT2D eigenvalue weighted by Gasteiger charge is -2.09. The van der Waals surface area contributed by atoms with Gasteiger partial charge in [0.1, 0.15) is 5.69 Å². The highest BCUT2D eigenvalue weighted by Crippen LogP contribution is 2.29. The summed E-state index contributed by atoms with van der Waals surface area (Å²) < 4.78 is 37.7. The van der Waals surface area contributed by atoms with E-state index in [1.54, 1.807) is 12.1 Å². The van der Waals surface area contributed by atoms with Crippen LogP contribution in [0.2, 0.25) is 0 Å². The number of aromatic nitrogens is 1. The molecule has 28 heavy (non-hydrogen) atoms. The third-order valence-electron chi connectivity index (χ3n) is 4.05. The second-order valence-corrected chi connectivity index (χ2v) is 6.30. The normalized spacial score (nSPS) is 11.1. The van der Waals surface area contributed by atoms with E-state index in [0.717, 1.165) is 23.4 Å². The second kappa shape index (κ2) is 8.12. The van der Waals surface area contributed by atoms with Crippen LogP contribution < -0.4 is 10.6 Å². The Kier molecular flexibility index (Phi) is 5.63. The van der Waals surface area contributed by atoms with Crippen LogP contribution in [0, 0.1) is 6.92 Å². The van der Waals surface area contributed by atoms with Gasteiger partial charge in [0.2, 0.25) is 0 Å². The molecular formula is C21H18F3N3O. The van der Waals surface area contributed by atoms with E-state index in [0.29, 0.717) is 6.54 Å². The van der Waals surface area contributed by atoms with Crippen molar-refractivity contribution in [3.8, 4) is 0 Å². The number of nitrogens with one attached hydrogen (secondary N) is 2. The maximum atomic E-state index is 12.6. The summed E-state index contributed by atoms with van der Waals surface area (Å²) in [5.41, 5.74) is 2.72. The van der Waals surface area contributed by atoms with Crippen LogP contribution in [0.15, 0.2) is 66.9 Å². The van der Waals surface area contributed by atoms with E-state index in [2.05, 4.69) is 21.7 Å². The van der Waals surface area contributed by atoms with Gasteiger partial charge in [0, 0.05) is 12.2 Å². The molecule has 7 heteroatoms. The number of carbonyl (C=O) groups excluding carboxylic acids is 1. The average molecular weight is 385 g/mol. The summed E-state index contributed by atoms with van der Waals surface area (Å²) in [5, 5.41) is 5.75. The maximum absolute atomic E-state index is 12.6. The number of hydrogen-bond acceptors (Lipinski definition) is 3. The van der Waals surface area contributed by atoms with Crippen molar-refractivity contribution in [1.29, 1.82) is 0 Å². The van der Waals surface area contributed by atoms with Gasteiger partial charge in [-0.3, -0.25) is 4.79 Å². The molecule has 2 N–H and O–H groups in total. The number of benzene rings is 2.